The molecule has 3 rings (SSSR count). The van der Waals surface area contributed by atoms with Gasteiger partial charge in [-0.05, 0) is 36.2 Å². The van der Waals surface area contributed by atoms with Gasteiger partial charge in [0.15, 0.2) is 0 Å². The molecule has 0 bridgehead atoms. The number of hydrogen-bond acceptors (Lipinski definition) is 6. The Morgan fingerprint density at radius 2 is 1.93 bits per heavy atom. The summed E-state index contributed by atoms with van der Waals surface area (Å²) in [5, 5.41) is 6.89. The first-order valence-corrected chi connectivity index (χ1v) is 9.05. The number of carbonyl (C=O) groups is 1. The average Bonchev–Trinajstić information content (AvgIpc) is 3.21. The highest BCUT2D eigenvalue weighted by Gasteiger charge is 2.13. The number of methoxy groups -OCH3 is 2. The maximum Gasteiger partial charge on any atom is 0.227 e. The van der Waals surface area contributed by atoms with Gasteiger partial charge in [0.05, 0.1) is 19.8 Å². The number of aromatic nitrogens is 2. The van der Waals surface area contributed by atoms with Gasteiger partial charge >= 0.3 is 0 Å². The molecule has 1 N–H and O–H groups in total. The van der Waals surface area contributed by atoms with E-state index in [0.29, 0.717) is 30.4 Å². The minimum atomic E-state index is -0.0556. The largest absolute Gasteiger partial charge is 0.497 e. The number of nitrogens with zero attached hydrogens (tertiary/aromatic N) is 2. The van der Waals surface area contributed by atoms with Crippen LogP contribution in [0.5, 0.6) is 11.5 Å². The van der Waals surface area contributed by atoms with Crippen LogP contribution in [0.1, 0.15) is 17.9 Å². The number of benzene rings is 2. The summed E-state index contributed by atoms with van der Waals surface area (Å²) in [6.07, 6.45) is 1.40. The number of amides is 1. The molecule has 7 nitrogen and oxygen atoms in total. The van der Waals surface area contributed by atoms with Crippen molar-refractivity contribution < 1.29 is 18.8 Å². The lowest BCUT2D eigenvalue weighted by Crippen LogP contribution is -2.25. The topological polar surface area (TPSA) is 86.5 Å². The molecule has 7 heteroatoms. The molecule has 28 heavy (non-hydrogen) atoms. The van der Waals surface area contributed by atoms with Crippen LogP contribution in [0.3, 0.4) is 0 Å². The minimum Gasteiger partial charge on any atom is -0.497 e. The second kappa shape index (κ2) is 9.55. The number of hydrogen-bond donors (Lipinski definition) is 1. The zero-order valence-electron chi connectivity index (χ0n) is 16.0. The summed E-state index contributed by atoms with van der Waals surface area (Å²) < 4.78 is 15.8. The first kappa shape index (κ1) is 19.4. The van der Waals surface area contributed by atoms with E-state index in [1.54, 1.807) is 14.2 Å². The lowest BCUT2D eigenvalue weighted by atomic mass is 10.1. The third-order valence-corrected chi connectivity index (χ3v) is 4.25. The highest BCUT2D eigenvalue weighted by atomic mass is 16.5. The number of para-hydroxylation sites is 1. The van der Waals surface area contributed by atoms with Crippen LogP contribution in [0.25, 0.3) is 11.4 Å². The molecule has 1 aromatic heterocycles. The molecular formula is C21H23N3O4. The van der Waals surface area contributed by atoms with Crippen LogP contribution < -0.4 is 14.8 Å². The van der Waals surface area contributed by atoms with Gasteiger partial charge in [0, 0.05) is 19.4 Å². The Bertz CT molecular complexity index is 923. The normalized spacial score (nSPS) is 10.5. The van der Waals surface area contributed by atoms with Crippen LogP contribution in [-0.4, -0.2) is 36.8 Å². The molecule has 0 saturated heterocycles. The van der Waals surface area contributed by atoms with E-state index in [4.69, 9.17) is 14.0 Å². The Morgan fingerprint density at radius 1 is 1.07 bits per heavy atom. The lowest BCUT2D eigenvalue weighted by molar-refractivity contribution is -0.121. The van der Waals surface area contributed by atoms with Crippen LogP contribution in [0.4, 0.5) is 0 Å². The molecule has 0 unspecified atom stereocenters. The van der Waals surface area contributed by atoms with E-state index in [9.17, 15) is 4.79 Å². The number of aryl methyl sites for hydroxylation is 1. The summed E-state index contributed by atoms with van der Waals surface area (Å²) in [7, 11) is 3.23. The molecule has 0 spiro atoms. The standard InChI is InChI=1S/C21H23N3O4/c1-26-16-7-5-6-15(14-16)12-13-22-19(25)10-11-20-23-21(24-28-20)17-8-3-4-9-18(17)27-2/h3-9,14H,10-13H2,1-2H3,(H,22,25). The smallest absolute Gasteiger partial charge is 0.227 e. The monoisotopic (exact) mass is 381 g/mol. The predicted molar refractivity (Wildman–Crippen MR) is 104 cm³/mol. The van der Waals surface area contributed by atoms with Gasteiger partial charge in [0.25, 0.3) is 0 Å². The summed E-state index contributed by atoms with van der Waals surface area (Å²) in [4.78, 5) is 16.4. The van der Waals surface area contributed by atoms with Gasteiger partial charge < -0.3 is 19.3 Å². The van der Waals surface area contributed by atoms with Crippen LogP contribution in [0.2, 0.25) is 0 Å². The van der Waals surface area contributed by atoms with E-state index < -0.39 is 0 Å². The van der Waals surface area contributed by atoms with Gasteiger partial charge in [-0.15, -0.1) is 0 Å². The van der Waals surface area contributed by atoms with Crippen LogP contribution >= 0.6 is 0 Å². The summed E-state index contributed by atoms with van der Waals surface area (Å²) in [5.41, 5.74) is 1.86. The summed E-state index contributed by atoms with van der Waals surface area (Å²) in [6.45, 7) is 0.558. The number of nitrogens with one attached hydrogen (secondary N) is 1. The average molecular weight is 381 g/mol. The van der Waals surface area contributed by atoms with Crippen LogP contribution in [0, 0.1) is 0 Å². The van der Waals surface area contributed by atoms with Gasteiger partial charge in [-0.1, -0.05) is 29.4 Å². The highest BCUT2D eigenvalue weighted by molar-refractivity contribution is 5.76. The van der Waals surface area contributed by atoms with Crippen LogP contribution in [0.15, 0.2) is 53.1 Å². The van der Waals surface area contributed by atoms with Gasteiger partial charge in [0.2, 0.25) is 17.6 Å². The highest BCUT2D eigenvalue weighted by Crippen LogP contribution is 2.27. The zero-order chi connectivity index (χ0) is 19.8. The van der Waals surface area contributed by atoms with Gasteiger partial charge in [-0.3, -0.25) is 4.79 Å². The van der Waals surface area contributed by atoms with Crippen molar-refractivity contribution in [1.29, 1.82) is 0 Å². The molecule has 0 aliphatic heterocycles. The maximum absolute atomic E-state index is 12.1. The first-order valence-electron chi connectivity index (χ1n) is 9.05. The van der Waals surface area contributed by atoms with E-state index >= 15 is 0 Å². The van der Waals surface area contributed by atoms with E-state index in [0.717, 1.165) is 23.3 Å². The second-order valence-corrected chi connectivity index (χ2v) is 6.16. The van der Waals surface area contributed by atoms with Crippen molar-refractivity contribution in [3.05, 3.63) is 60.0 Å². The summed E-state index contributed by atoms with van der Waals surface area (Å²) >= 11 is 0. The van der Waals surface area contributed by atoms with Crippen molar-refractivity contribution >= 4 is 5.91 Å². The Hall–Kier alpha value is -3.35. The molecule has 146 valence electrons. The van der Waals surface area contributed by atoms with Crippen molar-refractivity contribution in [2.45, 2.75) is 19.3 Å². The fraction of sp³-hybridized carbons (Fsp3) is 0.286. The molecule has 0 atom stereocenters. The van der Waals surface area contributed by atoms with Crippen molar-refractivity contribution in [2.24, 2.45) is 0 Å². The minimum absolute atomic E-state index is 0.0556. The zero-order valence-corrected chi connectivity index (χ0v) is 16.0. The SMILES string of the molecule is COc1cccc(CCNC(=O)CCc2nc(-c3ccccc3OC)no2)c1. The molecule has 2 aromatic carbocycles. The molecule has 0 fully saturated rings. The third-order valence-electron chi connectivity index (χ3n) is 4.25. The molecule has 0 saturated carbocycles. The Morgan fingerprint density at radius 3 is 2.75 bits per heavy atom. The van der Waals surface area contributed by atoms with Gasteiger partial charge in [-0.2, -0.15) is 4.98 Å². The maximum atomic E-state index is 12.1. The van der Waals surface area contributed by atoms with E-state index in [1.807, 2.05) is 48.5 Å². The Balaban J connectivity index is 1.46. The fourth-order valence-electron chi connectivity index (χ4n) is 2.78. The molecule has 0 aliphatic rings. The van der Waals surface area contributed by atoms with Crippen molar-refractivity contribution in [1.82, 2.24) is 15.5 Å². The number of rotatable bonds is 9. The van der Waals surface area contributed by atoms with E-state index in [1.165, 1.54) is 0 Å². The van der Waals surface area contributed by atoms with E-state index in [-0.39, 0.29) is 12.3 Å². The lowest BCUT2D eigenvalue weighted by Gasteiger charge is -2.06. The quantitative estimate of drug-likeness (QED) is 0.613. The molecule has 3 aromatic rings. The Labute approximate surface area is 163 Å². The molecule has 1 amide bonds. The van der Waals surface area contributed by atoms with Crippen molar-refractivity contribution in [2.75, 3.05) is 20.8 Å². The molecule has 0 radical (unpaired) electrons. The third kappa shape index (κ3) is 5.09. The van der Waals surface area contributed by atoms with Crippen molar-refractivity contribution in [3.63, 3.8) is 0 Å². The van der Waals surface area contributed by atoms with Crippen LogP contribution in [-0.2, 0) is 17.6 Å². The molecule has 0 aliphatic carbocycles. The fourth-order valence-corrected chi connectivity index (χ4v) is 2.78. The first-order chi connectivity index (χ1) is 13.7. The molecule has 1 heterocycles. The second-order valence-electron chi connectivity index (χ2n) is 6.16. The molecular weight excluding hydrogens is 358 g/mol. The number of carbonyl (C=O) groups excluding carboxylic acids is 1. The summed E-state index contributed by atoms with van der Waals surface area (Å²) in [6, 6.07) is 15.2. The van der Waals surface area contributed by atoms with E-state index in [2.05, 4.69) is 15.5 Å². The van der Waals surface area contributed by atoms with Gasteiger partial charge in [0.1, 0.15) is 11.5 Å². The number of ether oxygens (including phenoxy) is 2. The Kier molecular flexibility index (Phi) is 6.62. The summed E-state index contributed by atoms with van der Waals surface area (Å²) in [5.74, 6) is 2.30. The van der Waals surface area contributed by atoms with Crippen molar-refractivity contribution in [3.8, 4) is 22.9 Å². The predicted octanol–water partition coefficient (Wildman–Crippen LogP) is 3.05. The van der Waals surface area contributed by atoms with Gasteiger partial charge in [-0.25, -0.2) is 0 Å².